The molecule has 2 aromatic heterocycles. The van der Waals surface area contributed by atoms with E-state index in [-0.39, 0.29) is 0 Å². The summed E-state index contributed by atoms with van der Waals surface area (Å²) in [5.41, 5.74) is 0.273. The molecule has 0 fully saturated rings. The van der Waals surface area contributed by atoms with E-state index >= 15 is 0 Å². The van der Waals surface area contributed by atoms with Gasteiger partial charge in [0.05, 0.1) is 18.9 Å². The highest BCUT2D eigenvalue weighted by Gasteiger charge is 2.17. The van der Waals surface area contributed by atoms with Gasteiger partial charge in [0.25, 0.3) is 0 Å². The monoisotopic (exact) mass is 293 g/mol. The summed E-state index contributed by atoms with van der Waals surface area (Å²) in [6.45, 7) is 6.47. The number of aromatic nitrogens is 3. The number of amides is 1. The molecule has 114 valence electrons. The first-order valence-electron chi connectivity index (χ1n) is 6.54. The molecular weight excluding hydrogens is 274 g/mol. The number of anilines is 1. The summed E-state index contributed by atoms with van der Waals surface area (Å²) in [7, 11) is 0. The Labute approximate surface area is 122 Å². The molecule has 8 heteroatoms. The van der Waals surface area contributed by atoms with Gasteiger partial charge < -0.3 is 14.5 Å². The Morgan fingerprint density at radius 3 is 2.86 bits per heavy atom. The highest BCUT2D eigenvalue weighted by Crippen LogP contribution is 2.14. The lowest BCUT2D eigenvalue weighted by Gasteiger charge is -2.19. The summed E-state index contributed by atoms with van der Waals surface area (Å²) in [4.78, 5) is 15.5. The third-order valence-corrected chi connectivity index (χ3v) is 2.44. The predicted molar refractivity (Wildman–Crippen MR) is 75.5 cm³/mol. The van der Waals surface area contributed by atoms with E-state index in [4.69, 9.17) is 9.15 Å². The minimum atomic E-state index is -0.547. The van der Waals surface area contributed by atoms with Crippen LogP contribution in [0.2, 0.25) is 0 Å². The smallest absolute Gasteiger partial charge is 0.413 e. The number of rotatable bonds is 5. The third-order valence-electron chi connectivity index (χ3n) is 2.44. The Hall–Kier alpha value is -2.35. The number of aromatic amines is 1. The zero-order valence-electron chi connectivity index (χ0n) is 12.3. The van der Waals surface area contributed by atoms with Crippen LogP contribution >= 0.6 is 0 Å². The van der Waals surface area contributed by atoms with E-state index in [1.165, 1.54) is 6.39 Å². The van der Waals surface area contributed by atoms with E-state index in [2.05, 4.69) is 25.8 Å². The van der Waals surface area contributed by atoms with Crippen LogP contribution in [0.5, 0.6) is 0 Å². The van der Waals surface area contributed by atoms with Gasteiger partial charge in [-0.2, -0.15) is 5.10 Å². The second kappa shape index (κ2) is 6.40. The van der Waals surface area contributed by atoms with Crippen molar-refractivity contribution in [2.24, 2.45) is 0 Å². The van der Waals surface area contributed by atoms with Gasteiger partial charge in [-0.05, 0) is 20.8 Å². The number of hydrogen-bond donors (Lipinski definition) is 3. The van der Waals surface area contributed by atoms with Gasteiger partial charge in [-0.15, -0.1) is 0 Å². The maximum atomic E-state index is 11.7. The van der Waals surface area contributed by atoms with E-state index in [1.807, 2.05) is 0 Å². The maximum absolute atomic E-state index is 11.7. The number of hydrogen-bond acceptors (Lipinski definition) is 6. The summed E-state index contributed by atoms with van der Waals surface area (Å²) in [5, 5.41) is 12.4. The van der Waals surface area contributed by atoms with E-state index in [0.717, 1.165) is 11.3 Å². The van der Waals surface area contributed by atoms with Crippen molar-refractivity contribution >= 4 is 11.9 Å². The fourth-order valence-electron chi connectivity index (χ4n) is 1.61. The number of oxazole rings is 1. The van der Waals surface area contributed by atoms with Crippen LogP contribution in [0, 0.1) is 0 Å². The number of carbonyl (C=O) groups is 1. The SMILES string of the molecule is CC(C)(C)OC(=O)Nc1[nH]ncc1CNCc1cnco1. The first-order chi connectivity index (χ1) is 9.94. The predicted octanol–water partition coefficient (Wildman–Crippen LogP) is 2.03. The topological polar surface area (TPSA) is 105 Å². The van der Waals surface area contributed by atoms with Crippen molar-refractivity contribution in [1.82, 2.24) is 20.5 Å². The summed E-state index contributed by atoms with van der Waals surface area (Å²) in [6, 6.07) is 0. The summed E-state index contributed by atoms with van der Waals surface area (Å²) in [6.07, 6.45) is 4.13. The highest BCUT2D eigenvalue weighted by molar-refractivity contribution is 5.84. The molecule has 0 aliphatic heterocycles. The zero-order chi connectivity index (χ0) is 15.3. The molecule has 0 aliphatic rings. The normalized spacial score (nSPS) is 11.4. The number of H-pyrrole nitrogens is 1. The van der Waals surface area contributed by atoms with Crippen molar-refractivity contribution in [1.29, 1.82) is 0 Å². The second-order valence-corrected chi connectivity index (χ2v) is 5.47. The Bertz CT molecular complexity index is 571. The van der Waals surface area contributed by atoms with Gasteiger partial charge >= 0.3 is 6.09 Å². The molecule has 2 heterocycles. The molecular formula is C13H19N5O3. The maximum Gasteiger partial charge on any atom is 0.413 e. The van der Waals surface area contributed by atoms with Gasteiger partial charge in [-0.1, -0.05) is 0 Å². The molecule has 21 heavy (non-hydrogen) atoms. The Balaban J connectivity index is 1.85. The second-order valence-electron chi connectivity index (χ2n) is 5.47. The first kappa shape index (κ1) is 15.0. The number of ether oxygens (including phenoxy) is 1. The van der Waals surface area contributed by atoms with Crippen LogP contribution < -0.4 is 10.6 Å². The molecule has 0 aliphatic carbocycles. The van der Waals surface area contributed by atoms with Crippen molar-refractivity contribution < 1.29 is 13.9 Å². The van der Waals surface area contributed by atoms with E-state index in [0.29, 0.717) is 18.9 Å². The Morgan fingerprint density at radius 1 is 1.38 bits per heavy atom. The average molecular weight is 293 g/mol. The molecule has 0 atom stereocenters. The lowest BCUT2D eigenvalue weighted by atomic mass is 10.2. The quantitative estimate of drug-likeness (QED) is 0.779. The van der Waals surface area contributed by atoms with Crippen molar-refractivity contribution in [3.63, 3.8) is 0 Å². The van der Waals surface area contributed by atoms with Crippen molar-refractivity contribution in [2.75, 3.05) is 5.32 Å². The molecule has 0 saturated heterocycles. The van der Waals surface area contributed by atoms with Gasteiger partial charge in [0.1, 0.15) is 17.2 Å². The van der Waals surface area contributed by atoms with Crippen molar-refractivity contribution in [2.45, 2.75) is 39.5 Å². The van der Waals surface area contributed by atoms with Gasteiger partial charge in [-0.25, -0.2) is 9.78 Å². The van der Waals surface area contributed by atoms with Crippen LogP contribution in [-0.4, -0.2) is 26.9 Å². The van der Waals surface area contributed by atoms with Gasteiger partial charge in [0.2, 0.25) is 0 Å². The summed E-state index contributed by atoms with van der Waals surface area (Å²) >= 11 is 0. The largest absolute Gasteiger partial charge is 0.447 e. The van der Waals surface area contributed by atoms with Crippen LogP contribution in [0.15, 0.2) is 23.2 Å². The molecule has 0 aromatic carbocycles. The standard InChI is InChI=1S/C13H19N5O3/c1-13(2,3)21-12(19)17-11-9(5-16-18-11)4-14-6-10-7-15-8-20-10/h5,7-8,14H,4,6H2,1-3H3,(H2,16,17,18,19). The molecule has 8 nitrogen and oxygen atoms in total. The Kier molecular flexibility index (Phi) is 4.59. The molecule has 0 saturated carbocycles. The first-order valence-corrected chi connectivity index (χ1v) is 6.54. The third kappa shape index (κ3) is 4.92. The molecule has 2 aromatic rings. The van der Waals surface area contributed by atoms with E-state index in [9.17, 15) is 4.79 Å². The summed E-state index contributed by atoms with van der Waals surface area (Å²) in [5.74, 6) is 1.24. The van der Waals surface area contributed by atoms with Gasteiger partial charge in [0, 0.05) is 12.1 Å². The minimum Gasteiger partial charge on any atom is -0.447 e. The molecule has 0 bridgehead atoms. The molecule has 3 N–H and O–H groups in total. The van der Waals surface area contributed by atoms with Crippen LogP contribution in [-0.2, 0) is 17.8 Å². The van der Waals surface area contributed by atoms with Crippen LogP contribution in [0.3, 0.4) is 0 Å². The lowest BCUT2D eigenvalue weighted by Crippen LogP contribution is -2.27. The van der Waals surface area contributed by atoms with Crippen LogP contribution in [0.1, 0.15) is 32.1 Å². The Morgan fingerprint density at radius 2 is 2.19 bits per heavy atom. The van der Waals surface area contributed by atoms with Crippen LogP contribution in [0.4, 0.5) is 10.6 Å². The molecule has 2 rings (SSSR count). The fraction of sp³-hybridized carbons (Fsp3) is 0.462. The minimum absolute atomic E-state index is 0.509. The molecule has 0 unspecified atom stereocenters. The van der Waals surface area contributed by atoms with Gasteiger partial charge in [0.15, 0.2) is 6.39 Å². The molecule has 1 amide bonds. The number of nitrogens with one attached hydrogen (secondary N) is 3. The average Bonchev–Trinajstić information content (AvgIpc) is 2.99. The number of nitrogens with zero attached hydrogens (tertiary/aromatic N) is 2. The van der Waals surface area contributed by atoms with E-state index in [1.54, 1.807) is 33.2 Å². The highest BCUT2D eigenvalue weighted by atomic mass is 16.6. The number of carbonyl (C=O) groups excluding carboxylic acids is 1. The van der Waals surface area contributed by atoms with Crippen LogP contribution in [0.25, 0.3) is 0 Å². The zero-order valence-corrected chi connectivity index (χ0v) is 12.3. The molecule has 0 radical (unpaired) electrons. The molecule has 0 spiro atoms. The van der Waals surface area contributed by atoms with E-state index < -0.39 is 11.7 Å². The lowest BCUT2D eigenvalue weighted by molar-refractivity contribution is 0.0635. The summed E-state index contributed by atoms with van der Waals surface area (Å²) < 4.78 is 10.3. The van der Waals surface area contributed by atoms with Gasteiger partial charge in [-0.3, -0.25) is 10.4 Å². The fourth-order valence-corrected chi connectivity index (χ4v) is 1.61. The van der Waals surface area contributed by atoms with Crippen molar-refractivity contribution in [3.8, 4) is 0 Å². The van der Waals surface area contributed by atoms with Crippen molar-refractivity contribution in [3.05, 3.63) is 30.1 Å².